The number of amides is 1. The first-order valence-electron chi connectivity index (χ1n) is 6.78. The molecule has 1 aliphatic carbocycles. The highest BCUT2D eigenvalue weighted by molar-refractivity contribution is 5.93. The van der Waals surface area contributed by atoms with Crippen LogP contribution >= 0.6 is 0 Å². The van der Waals surface area contributed by atoms with Gasteiger partial charge in [0, 0.05) is 12.5 Å². The van der Waals surface area contributed by atoms with Crippen LogP contribution in [0.1, 0.15) is 41.3 Å². The van der Waals surface area contributed by atoms with Crippen molar-refractivity contribution in [3.63, 3.8) is 0 Å². The van der Waals surface area contributed by atoms with Gasteiger partial charge in [-0.15, -0.1) is 0 Å². The number of hydrogen-bond acceptors (Lipinski definition) is 3. The zero-order chi connectivity index (χ0) is 14.7. The van der Waals surface area contributed by atoms with Crippen molar-refractivity contribution in [1.29, 1.82) is 0 Å². The van der Waals surface area contributed by atoms with E-state index in [9.17, 15) is 14.7 Å². The molecule has 1 amide bonds. The first-order chi connectivity index (χ1) is 9.56. The molecule has 20 heavy (non-hydrogen) atoms. The standard InChI is InChI=1S/C15H19NO4/c1-3-13(17)16-10-5-6-11-9(8-10)4-7-12(20-2)14(11)15(18)19/h4,7,10H,3,5-6,8H2,1-2H3,(H,16,17)(H,18,19). The summed E-state index contributed by atoms with van der Waals surface area (Å²) in [5.41, 5.74) is 2.07. The molecule has 5 nitrogen and oxygen atoms in total. The smallest absolute Gasteiger partial charge is 0.339 e. The van der Waals surface area contributed by atoms with Gasteiger partial charge in [-0.3, -0.25) is 4.79 Å². The number of carboxylic acid groups (broad SMARTS) is 1. The lowest BCUT2D eigenvalue weighted by molar-refractivity contribution is -0.121. The van der Waals surface area contributed by atoms with Crippen molar-refractivity contribution in [2.45, 2.75) is 38.6 Å². The first kappa shape index (κ1) is 14.4. The van der Waals surface area contributed by atoms with Gasteiger partial charge in [0.2, 0.25) is 5.91 Å². The minimum atomic E-state index is -0.963. The Hall–Kier alpha value is -2.04. The fraction of sp³-hybridized carbons (Fsp3) is 0.467. The van der Waals surface area contributed by atoms with Crippen LogP contribution in [-0.4, -0.2) is 30.1 Å². The van der Waals surface area contributed by atoms with Crippen molar-refractivity contribution in [1.82, 2.24) is 5.32 Å². The van der Waals surface area contributed by atoms with Crippen molar-refractivity contribution in [3.05, 3.63) is 28.8 Å². The number of benzene rings is 1. The predicted octanol–water partition coefficient (Wildman–Crippen LogP) is 1.78. The molecule has 0 radical (unpaired) electrons. The molecule has 0 saturated heterocycles. The molecule has 0 spiro atoms. The Bertz CT molecular complexity index is 539. The fourth-order valence-corrected chi connectivity index (χ4v) is 2.69. The molecule has 0 fully saturated rings. The van der Waals surface area contributed by atoms with Crippen LogP contribution in [0.4, 0.5) is 0 Å². The predicted molar refractivity (Wildman–Crippen MR) is 74.2 cm³/mol. The highest BCUT2D eigenvalue weighted by Gasteiger charge is 2.26. The number of carbonyl (C=O) groups excluding carboxylic acids is 1. The number of carbonyl (C=O) groups is 2. The number of fused-ring (bicyclic) bond motifs is 1. The van der Waals surface area contributed by atoms with E-state index in [1.165, 1.54) is 7.11 Å². The van der Waals surface area contributed by atoms with Gasteiger partial charge in [-0.1, -0.05) is 13.0 Å². The maximum Gasteiger partial charge on any atom is 0.339 e. The Morgan fingerprint density at radius 2 is 2.20 bits per heavy atom. The second kappa shape index (κ2) is 5.94. The van der Waals surface area contributed by atoms with Crippen LogP contribution in [0.15, 0.2) is 12.1 Å². The molecule has 2 N–H and O–H groups in total. The van der Waals surface area contributed by atoms with Crippen LogP contribution in [-0.2, 0) is 17.6 Å². The Morgan fingerprint density at radius 1 is 1.45 bits per heavy atom. The van der Waals surface area contributed by atoms with E-state index in [4.69, 9.17) is 4.74 Å². The third-order valence-corrected chi connectivity index (χ3v) is 3.70. The third-order valence-electron chi connectivity index (χ3n) is 3.70. The number of hydrogen-bond donors (Lipinski definition) is 2. The molecule has 108 valence electrons. The molecule has 0 aliphatic heterocycles. The monoisotopic (exact) mass is 277 g/mol. The minimum absolute atomic E-state index is 0.0328. The highest BCUT2D eigenvalue weighted by Crippen LogP contribution is 2.31. The van der Waals surface area contributed by atoms with Gasteiger partial charge in [0.25, 0.3) is 0 Å². The van der Waals surface area contributed by atoms with Crippen molar-refractivity contribution in [3.8, 4) is 5.75 Å². The van der Waals surface area contributed by atoms with E-state index in [1.54, 1.807) is 6.07 Å². The summed E-state index contributed by atoms with van der Waals surface area (Å²) < 4.78 is 5.13. The Kier molecular flexibility index (Phi) is 4.27. The van der Waals surface area contributed by atoms with Crippen molar-refractivity contribution in [2.24, 2.45) is 0 Å². The van der Waals surface area contributed by atoms with Crippen LogP contribution in [0, 0.1) is 0 Å². The molecule has 0 heterocycles. The van der Waals surface area contributed by atoms with Crippen LogP contribution in [0.25, 0.3) is 0 Å². The van der Waals surface area contributed by atoms with E-state index in [1.807, 2.05) is 13.0 Å². The van der Waals surface area contributed by atoms with E-state index in [-0.39, 0.29) is 17.5 Å². The van der Waals surface area contributed by atoms with E-state index in [0.29, 0.717) is 25.0 Å². The summed E-state index contributed by atoms with van der Waals surface area (Å²) in [6.07, 6.45) is 2.53. The van der Waals surface area contributed by atoms with E-state index in [2.05, 4.69) is 5.32 Å². The van der Waals surface area contributed by atoms with Gasteiger partial charge < -0.3 is 15.2 Å². The van der Waals surface area contributed by atoms with E-state index >= 15 is 0 Å². The van der Waals surface area contributed by atoms with Gasteiger partial charge in [-0.25, -0.2) is 4.79 Å². The van der Waals surface area contributed by atoms with Gasteiger partial charge in [0.1, 0.15) is 11.3 Å². The normalized spacial score (nSPS) is 17.2. The molecule has 1 atom stereocenters. The molecule has 0 saturated carbocycles. The van der Waals surface area contributed by atoms with Gasteiger partial charge in [0.15, 0.2) is 0 Å². The molecule has 1 aromatic carbocycles. The minimum Gasteiger partial charge on any atom is -0.496 e. The summed E-state index contributed by atoms with van der Waals surface area (Å²) in [4.78, 5) is 22.9. The Labute approximate surface area is 117 Å². The van der Waals surface area contributed by atoms with Crippen LogP contribution < -0.4 is 10.1 Å². The van der Waals surface area contributed by atoms with Gasteiger partial charge >= 0.3 is 5.97 Å². The summed E-state index contributed by atoms with van der Waals surface area (Å²) in [7, 11) is 1.47. The van der Waals surface area contributed by atoms with Crippen molar-refractivity contribution < 1.29 is 19.4 Å². The second-order valence-corrected chi connectivity index (χ2v) is 4.95. The maximum atomic E-state index is 11.4. The number of ether oxygens (including phenoxy) is 1. The zero-order valence-corrected chi connectivity index (χ0v) is 11.7. The molecular weight excluding hydrogens is 258 g/mol. The molecule has 0 aromatic heterocycles. The van der Waals surface area contributed by atoms with Crippen LogP contribution in [0.5, 0.6) is 5.75 Å². The first-order valence-corrected chi connectivity index (χ1v) is 6.78. The largest absolute Gasteiger partial charge is 0.496 e. The van der Waals surface area contributed by atoms with E-state index < -0.39 is 5.97 Å². The summed E-state index contributed by atoms with van der Waals surface area (Å²) >= 11 is 0. The average molecular weight is 277 g/mol. The number of nitrogens with one attached hydrogen (secondary N) is 1. The molecule has 1 aliphatic rings. The molecule has 5 heteroatoms. The number of methoxy groups -OCH3 is 1. The summed E-state index contributed by atoms with van der Waals surface area (Å²) in [5.74, 6) is -0.535. The van der Waals surface area contributed by atoms with Gasteiger partial charge in [0.05, 0.1) is 7.11 Å². The summed E-state index contributed by atoms with van der Waals surface area (Å²) in [5, 5.41) is 12.3. The molecular formula is C15H19NO4. The number of carboxylic acids is 1. The maximum absolute atomic E-state index is 11.4. The molecule has 1 unspecified atom stereocenters. The Morgan fingerprint density at radius 3 is 2.80 bits per heavy atom. The topological polar surface area (TPSA) is 75.6 Å². The second-order valence-electron chi connectivity index (χ2n) is 4.95. The van der Waals surface area contributed by atoms with Crippen molar-refractivity contribution in [2.75, 3.05) is 7.11 Å². The molecule has 0 bridgehead atoms. The highest BCUT2D eigenvalue weighted by atomic mass is 16.5. The molecule has 2 rings (SSSR count). The lowest BCUT2D eigenvalue weighted by Crippen LogP contribution is -2.38. The van der Waals surface area contributed by atoms with Crippen LogP contribution in [0.3, 0.4) is 0 Å². The average Bonchev–Trinajstić information content (AvgIpc) is 2.45. The van der Waals surface area contributed by atoms with Gasteiger partial charge in [-0.2, -0.15) is 0 Å². The fourth-order valence-electron chi connectivity index (χ4n) is 2.69. The SMILES string of the molecule is CCC(=O)NC1CCc2c(ccc(OC)c2C(=O)O)C1. The van der Waals surface area contributed by atoms with E-state index in [0.717, 1.165) is 17.5 Å². The third kappa shape index (κ3) is 2.76. The lowest BCUT2D eigenvalue weighted by Gasteiger charge is -2.27. The van der Waals surface area contributed by atoms with Crippen LogP contribution in [0.2, 0.25) is 0 Å². The summed E-state index contributed by atoms with van der Waals surface area (Å²) in [6.45, 7) is 1.82. The lowest BCUT2D eigenvalue weighted by atomic mass is 9.85. The molecule has 1 aromatic rings. The Balaban J connectivity index is 2.28. The number of aromatic carboxylic acids is 1. The van der Waals surface area contributed by atoms with Gasteiger partial charge in [-0.05, 0) is 36.5 Å². The quantitative estimate of drug-likeness (QED) is 0.879. The summed E-state index contributed by atoms with van der Waals surface area (Å²) in [6, 6.07) is 3.67. The van der Waals surface area contributed by atoms with Crippen molar-refractivity contribution >= 4 is 11.9 Å². The number of rotatable bonds is 4. The zero-order valence-electron chi connectivity index (χ0n) is 11.7.